The maximum Gasteiger partial charge on any atom is 0.317 e. The maximum atomic E-state index is 12.1. The first kappa shape index (κ1) is 14.8. The quantitative estimate of drug-likeness (QED) is 0.792. The standard InChI is InChI=1S/C13H24N2O3/c1-3-6-10(2)14-13(18)15-8-5-4-7-11(15)9-12(16)17/h10-11H,3-9H2,1-2H3,(H,14,18)(H,16,17). The number of aliphatic carboxylic acids is 1. The van der Waals surface area contributed by atoms with Crippen LogP contribution in [0.3, 0.4) is 0 Å². The minimum atomic E-state index is -0.832. The minimum absolute atomic E-state index is 0.0512. The average Bonchev–Trinajstić information content (AvgIpc) is 2.28. The molecule has 1 fully saturated rings. The van der Waals surface area contributed by atoms with Crippen LogP contribution in [0.1, 0.15) is 52.4 Å². The molecule has 0 aromatic rings. The summed E-state index contributed by atoms with van der Waals surface area (Å²) in [5, 5.41) is 11.8. The highest BCUT2D eigenvalue weighted by Crippen LogP contribution is 2.20. The van der Waals surface area contributed by atoms with Crippen LogP contribution in [-0.2, 0) is 4.79 Å². The summed E-state index contributed by atoms with van der Waals surface area (Å²) in [6.45, 7) is 4.73. The molecule has 1 aliphatic heterocycles. The number of carboxylic acids is 1. The summed E-state index contributed by atoms with van der Waals surface area (Å²) < 4.78 is 0. The molecule has 2 atom stereocenters. The van der Waals surface area contributed by atoms with E-state index in [0.717, 1.165) is 32.1 Å². The Labute approximate surface area is 109 Å². The molecule has 2 amide bonds. The van der Waals surface area contributed by atoms with E-state index in [0.29, 0.717) is 6.54 Å². The molecule has 0 spiro atoms. The molecule has 104 valence electrons. The third-order valence-corrected chi connectivity index (χ3v) is 3.39. The first-order valence-corrected chi connectivity index (χ1v) is 6.83. The minimum Gasteiger partial charge on any atom is -0.481 e. The van der Waals surface area contributed by atoms with Crippen molar-refractivity contribution in [1.29, 1.82) is 0 Å². The van der Waals surface area contributed by atoms with E-state index < -0.39 is 5.97 Å². The van der Waals surface area contributed by atoms with Gasteiger partial charge in [0.15, 0.2) is 0 Å². The molecule has 1 rings (SSSR count). The van der Waals surface area contributed by atoms with Gasteiger partial charge in [-0.15, -0.1) is 0 Å². The summed E-state index contributed by atoms with van der Waals surface area (Å²) in [7, 11) is 0. The zero-order chi connectivity index (χ0) is 13.5. The SMILES string of the molecule is CCCC(C)NC(=O)N1CCCCC1CC(=O)O. The predicted octanol–water partition coefficient (Wildman–Crippen LogP) is 2.21. The van der Waals surface area contributed by atoms with Gasteiger partial charge in [0.05, 0.1) is 6.42 Å². The fourth-order valence-corrected chi connectivity index (χ4v) is 2.48. The largest absolute Gasteiger partial charge is 0.481 e. The van der Waals surface area contributed by atoms with Crippen molar-refractivity contribution < 1.29 is 14.7 Å². The van der Waals surface area contributed by atoms with Gasteiger partial charge in [-0.05, 0) is 32.6 Å². The number of hydrogen-bond donors (Lipinski definition) is 2. The normalized spacial score (nSPS) is 21.4. The second kappa shape index (κ2) is 7.24. The lowest BCUT2D eigenvalue weighted by atomic mass is 10.00. The second-order valence-electron chi connectivity index (χ2n) is 5.08. The highest BCUT2D eigenvalue weighted by molar-refractivity contribution is 5.76. The Balaban J connectivity index is 2.54. The van der Waals surface area contributed by atoms with E-state index in [1.165, 1.54) is 0 Å². The number of carbonyl (C=O) groups is 2. The van der Waals surface area contributed by atoms with Gasteiger partial charge in [-0.2, -0.15) is 0 Å². The topological polar surface area (TPSA) is 69.6 Å². The van der Waals surface area contributed by atoms with Gasteiger partial charge in [-0.25, -0.2) is 4.79 Å². The molecule has 18 heavy (non-hydrogen) atoms. The molecule has 1 heterocycles. The molecule has 0 aromatic carbocycles. The van der Waals surface area contributed by atoms with Crippen molar-refractivity contribution in [2.45, 2.75) is 64.5 Å². The number of urea groups is 1. The van der Waals surface area contributed by atoms with Crippen molar-refractivity contribution >= 4 is 12.0 Å². The Bertz CT molecular complexity index is 294. The molecule has 2 N–H and O–H groups in total. The first-order chi connectivity index (χ1) is 8.54. The van der Waals surface area contributed by atoms with Crippen LogP contribution in [0.25, 0.3) is 0 Å². The van der Waals surface area contributed by atoms with Crippen LogP contribution in [0.15, 0.2) is 0 Å². The first-order valence-electron chi connectivity index (χ1n) is 6.83. The molecule has 0 aromatic heterocycles. The molecule has 5 nitrogen and oxygen atoms in total. The maximum absolute atomic E-state index is 12.1. The van der Waals surface area contributed by atoms with E-state index in [1.54, 1.807) is 4.90 Å². The number of nitrogens with one attached hydrogen (secondary N) is 1. The number of amides is 2. The van der Waals surface area contributed by atoms with E-state index in [4.69, 9.17) is 5.11 Å². The smallest absolute Gasteiger partial charge is 0.317 e. The second-order valence-corrected chi connectivity index (χ2v) is 5.08. The highest BCUT2D eigenvalue weighted by atomic mass is 16.4. The molecule has 1 saturated heterocycles. The number of carbonyl (C=O) groups excluding carboxylic acids is 1. The average molecular weight is 256 g/mol. The summed E-state index contributed by atoms with van der Waals surface area (Å²) in [6.07, 6.45) is 4.79. The van der Waals surface area contributed by atoms with E-state index in [2.05, 4.69) is 12.2 Å². The summed E-state index contributed by atoms with van der Waals surface area (Å²) in [6, 6.07) is -0.109. The Morgan fingerprint density at radius 1 is 1.44 bits per heavy atom. The van der Waals surface area contributed by atoms with Gasteiger partial charge in [0.25, 0.3) is 0 Å². The number of nitrogens with zero attached hydrogens (tertiary/aromatic N) is 1. The van der Waals surface area contributed by atoms with E-state index in [9.17, 15) is 9.59 Å². The van der Waals surface area contributed by atoms with E-state index in [-0.39, 0.29) is 24.5 Å². The fourth-order valence-electron chi connectivity index (χ4n) is 2.48. The zero-order valence-electron chi connectivity index (χ0n) is 11.3. The lowest BCUT2D eigenvalue weighted by molar-refractivity contribution is -0.138. The third-order valence-electron chi connectivity index (χ3n) is 3.39. The van der Waals surface area contributed by atoms with Crippen LogP contribution in [0, 0.1) is 0 Å². The Morgan fingerprint density at radius 3 is 2.78 bits per heavy atom. The molecular weight excluding hydrogens is 232 g/mol. The van der Waals surface area contributed by atoms with E-state index >= 15 is 0 Å². The highest BCUT2D eigenvalue weighted by Gasteiger charge is 2.28. The third kappa shape index (κ3) is 4.55. The molecule has 1 aliphatic rings. The van der Waals surface area contributed by atoms with Crippen molar-refractivity contribution in [1.82, 2.24) is 10.2 Å². The number of rotatable bonds is 5. The number of likely N-dealkylation sites (tertiary alicyclic amines) is 1. The van der Waals surface area contributed by atoms with Crippen LogP contribution in [0.4, 0.5) is 4.79 Å². The zero-order valence-corrected chi connectivity index (χ0v) is 11.3. The Morgan fingerprint density at radius 2 is 2.17 bits per heavy atom. The number of piperidine rings is 1. The lowest BCUT2D eigenvalue weighted by Gasteiger charge is -2.35. The van der Waals surface area contributed by atoms with Crippen LogP contribution in [0.5, 0.6) is 0 Å². The molecule has 0 aliphatic carbocycles. The fraction of sp³-hybridized carbons (Fsp3) is 0.846. The van der Waals surface area contributed by atoms with Crippen LogP contribution < -0.4 is 5.32 Å². The predicted molar refractivity (Wildman–Crippen MR) is 69.5 cm³/mol. The van der Waals surface area contributed by atoms with Gasteiger partial charge in [0.1, 0.15) is 0 Å². The Kier molecular flexibility index (Phi) is 5.95. The van der Waals surface area contributed by atoms with Gasteiger partial charge in [0, 0.05) is 18.6 Å². The molecule has 0 saturated carbocycles. The molecule has 0 bridgehead atoms. The summed E-state index contributed by atoms with van der Waals surface area (Å²) in [5.74, 6) is -0.832. The van der Waals surface area contributed by atoms with Crippen molar-refractivity contribution in [3.63, 3.8) is 0 Å². The summed E-state index contributed by atoms with van der Waals surface area (Å²) >= 11 is 0. The summed E-state index contributed by atoms with van der Waals surface area (Å²) in [4.78, 5) is 24.6. The number of hydrogen-bond acceptors (Lipinski definition) is 2. The summed E-state index contributed by atoms with van der Waals surface area (Å²) in [5.41, 5.74) is 0. The lowest BCUT2D eigenvalue weighted by Crippen LogP contribution is -2.51. The van der Waals surface area contributed by atoms with Gasteiger partial charge in [0.2, 0.25) is 0 Å². The monoisotopic (exact) mass is 256 g/mol. The van der Waals surface area contributed by atoms with Crippen molar-refractivity contribution in [3.8, 4) is 0 Å². The molecular formula is C13H24N2O3. The van der Waals surface area contributed by atoms with Gasteiger partial charge in [-0.1, -0.05) is 13.3 Å². The molecule has 2 unspecified atom stereocenters. The van der Waals surface area contributed by atoms with Crippen molar-refractivity contribution in [2.75, 3.05) is 6.54 Å². The van der Waals surface area contributed by atoms with Crippen LogP contribution >= 0.6 is 0 Å². The van der Waals surface area contributed by atoms with Crippen LogP contribution in [-0.4, -0.2) is 40.6 Å². The van der Waals surface area contributed by atoms with Crippen molar-refractivity contribution in [2.24, 2.45) is 0 Å². The molecule has 5 heteroatoms. The van der Waals surface area contributed by atoms with Gasteiger partial charge in [-0.3, -0.25) is 4.79 Å². The van der Waals surface area contributed by atoms with Gasteiger partial charge < -0.3 is 15.3 Å². The van der Waals surface area contributed by atoms with Crippen LogP contribution in [0.2, 0.25) is 0 Å². The van der Waals surface area contributed by atoms with Crippen molar-refractivity contribution in [3.05, 3.63) is 0 Å². The Hall–Kier alpha value is -1.26. The van der Waals surface area contributed by atoms with Gasteiger partial charge >= 0.3 is 12.0 Å². The van der Waals surface area contributed by atoms with E-state index in [1.807, 2.05) is 6.92 Å². The molecule has 0 radical (unpaired) electrons. The number of carboxylic acid groups (broad SMARTS) is 1.